The Hall–Kier alpha value is -1.68. The minimum Gasteiger partial charge on any atom is -0.338 e. The van der Waals surface area contributed by atoms with Crippen molar-refractivity contribution in [1.29, 1.82) is 0 Å². The fraction of sp³-hybridized carbons (Fsp3) is 0.467. The molecular formula is C15H19N3O. The molecule has 100 valence electrons. The summed E-state index contributed by atoms with van der Waals surface area (Å²) in [6, 6.07) is 10.1. The first-order chi connectivity index (χ1) is 9.09. The maximum atomic E-state index is 6.11. The van der Waals surface area contributed by atoms with E-state index in [1.165, 1.54) is 12.8 Å². The zero-order chi connectivity index (χ0) is 13.5. The number of nitrogens with zero attached hydrogens (tertiary/aromatic N) is 2. The van der Waals surface area contributed by atoms with Gasteiger partial charge in [-0.15, -0.1) is 0 Å². The highest BCUT2D eigenvalue weighted by Gasteiger charge is 2.35. The molecule has 1 atom stereocenters. The summed E-state index contributed by atoms with van der Waals surface area (Å²) < 4.78 is 5.44. The van der Waals surface area contributed by atoms with E-state index in [9.17, 15) is 0 Å². The van der Waals surface area contributed by atoms with E-state index in [-0.39, 0.29) is 11.5 Å². The molecule has 3 rings (SSSR count). The van der Waals surface area contributed by atoms with Crippen LogP contribution in [0.25, 0.3) is 0 Å². The van der Waals surface area contributed by atoms with Gasteiger partial charge in [-0.3, -0.25) is 0 Å². The van der Waals surface area contributed by atoms with Crippen molar-refractivity contribution in [1.82, 2.24) is 10.1 Å². The monoisotopic (exact) mass is 257 g/mol. The van der Waals surface area contributed by atoms with Gasteiger partial charge in [-0.05, 0) is 38.2 Å². The zero-order valence-corrected chi connectivity index (χ0v) is 11.3. The van der Waals surface area contributed by atoms with Crippen molar-refractivity contribution in [3.63, 3.8) is 0 Å². The first-order valence-electron chi connectivity index (χ1n) is 6.74. The van der Waals surface area contributed by atoms with Crippen LogP contribution in [-0.2, 0) is 5.41 Å². The van der Waals surface area contributed by atoms with Gasteiger partial charge in [0.05, 0.1) is 11.5 Å². The molecule has 1 aliphatic rings. The predicted octanol–water partition coefficient (Wildman–Crippen LogP) is 2.81. The number of aromatic nitrogens is 2. The summed E-state index contributed by atoms with van der Waals surface area (Å²) in [5, 5.41) is 4.06. The summed E-state index contributed by atoms with van der Waals surface area (Å²) in [5.41, 5.74) is 6.97. The van der Waals surface area contributed by atoms with Gasteiger partial charge >= 0.3 is 0 Å². The first kappa shape index (κ1) is 12.4. The van der Waals surface area contributed by atoms with Crippen molar-refractivity contribution in [2.75, 3.05) is 0 Å². The molecule has 1 unspecified atom stereocenters. The topological polar surface area (TPSA) is 64.9 Å². The lowest BCUT2D eigenvalue weighted by atomic mass is 9.84. The van der Waals surface area contributed by atoms with Gasteiger partial charge in [0.2, 0.25) is 5.89 Å². The molecule has 1 aliphatic carbocycles. The lowest BCUT2D eigenvalue weighted by Gasteiger charge is -2.20. The molecule has 1 saturated carbocycles. The number of hydrogen-bond acceptors (Lipinski definition) is 4. The van der Waals surface area contributed by atoms with Gasteiger partial charge in [0, 0.05) is 0 Å². The van der Waals surface area contributed by atoms with Gasteiger partial charge in [0.15, 0.2) is 5.82 Å². The molecule has 0 amide bonds. The molecule has 2 N–H and O–H groups in total. The fourth-order valence-electron chi connectivity index (χ4n) is 2.27. The van der Waals surface area contributed by atoms with Crippen LogP contribution in [0.5, 0.6) is 0 Å². The van der Waals surface area contributed by atoms with E-state index < -0.39 is 0 Å². The quantitative estimate of drug-likeness (QED) is 0.914. The predicted molar refractivity (Wildman–Crippen MR) is 72.5 cm³/mol. The van der Waals surface area contributed by atoms with Crippen LogP contribution in [0.3, 0.4) is 0 Å². The first-order valence-corrected chi connectivity index (χ1v) is 6.74. The van der Waals surface area contributed by atoms with Crippen molar-refractivity contribution in [3.05, 3.63) is 47.6 Å². The average molecular weight is 257 g/mol. The fourth-order valence-corrected chi connectivity index (χ4v) is 2.27. The highest BCUT2D eigenvalue weighted by molar-refractivity contribution is 5.29. The molecule has 0 spiro atoms. The van der Waals surface area contributed by atoms with Crippen LogP contribution in [0.4, 0.5) is 0 Å². The van der Waals surface area contributed by atoms with E-state index in [1.54, 1.807) is 0 Å². The molecule has 0 radical (unpaired) electrons. The standard InChI is InChI=1S/C15H19N3O/c1-15(2,11-6-4-3-5-7-11)14-17-13(18-19-14)12(16)10-8-9-10/h3-7,10,12H,8-9,16H2,1-2H3. The van der Waals surface area contributed by atoms with Gasteiger partial charge in [-0.2, -0.15) is 4.98 Å². The second kappa shape index (κ2) is 4.46. The van der Waals surface area contributed by atoms with Gasteiger partial charge in [-0.1, -0.05) is 35.5 Å². The molecule has 0 bridgehead atoms. The molecule has 19 heavy (non-hydrogen) atoms. The maximum absolute atomic E-state index is 6.11. The summed E-state index contributed by atoms with van der Waals surface area (Å²) in [7, 11) is 0. The Labute approximate surface area is 113 Å². The lowest BCUT2D eigenvalue weighted by molar-refractivity contribution is 0.327. The Morgan fingerprint density at radius 2 is 1.95 bits per heavy atom. The van der Waals surface area contributed by atoms with E-state index in [4.69, 9.17) is 10.3 Å². The Kier molecular flexibility index (Phi) is 2.90. The third-order valence-electron chi connectivity index (χ3n) is 3.90. The third kappa shape index (κ3) is 2.28. The summed E-state index contributed by atoms with van der Waals surface area (Å²) in [6.45, 7) is 4.17. The second-order valence-electron chi connectivity index (χ2n) is 5.81. The number of rotatable bonds is 4. The van der Waals surface area contributed by atoms with Crippen molar-refractivity contribution in [2.45, 2.75) is 38.1 Å². The van der Waals surface area contributed by atoms with Crippen LogP contribution in [0.15, 0.2) is 34.9 Å². The van der Waals surface area contributed by atoms with Crippen LogP contribution >= 0.6 is 0 Å². The Bertz CT molecular complexity index is 558. The van der Waals surface area contributed by atoms with Gasteiger partial charge in [0.25, 0.3) is 0 Å². The van der Waals surface area contributed by atoms with E-state index in [2.05, 4.69) is 36.1 Å². The smallest absolute Gasteiger partial charge is 0.236 e. The summed E-state index contributed by atoms with van der Waals surface area (Å²) in [4.78, 5) is 4.52. The molecule has 1 heterocycles. The summed E-state index contributed by atoms with van der Waals surface area (Å²) >= 11 is 0. The van der Waals surface area contributed by atoms with Crippen molar-refractivity contribution < 1.29 is 4.52 Å². The summed E-state index contributed by atoms with van der Waals surface area (Å²) in [6.07, 6.45) is 2.35. The average Bonchev–Trinajstić information content (AvgIpc) is 3.15. The number of nitrogens with two attached hydrogens (primary N) is 1. The van der Waals surface area contributed by atoms with E-state index >= 15 is 0 Å². The maximum Gasteiger partial charge on any atom is 0.236 e. The van der Waals surface area contributed by atoms with Crippen molar-refractivity contribution in [3.8, 4) is 0 Å². The molecular weight excluding hydrogens is 238 g/mol. The zero-order valence-electron chi connectivity index (χ0n) is 11.3. The summed E-state index contributed by atoms with van der Waals surface area (Å²) in [5.74, 6) is 1.80. The Balaban J connectivity index is 1.89. The van der Waals surface area contributed by atoms with Crippen LogP contribution in [0, 0.1) is 5.92 Å². The SMILES string of the molecule is CC(C)(c1ccccc1)c1nc(C(N)C2CC2)no1. The van der Waals surface area contributed by atoms with Crippen molar-refractivity contribution in [2.24, 2.45) is 11.7 Å². The molecule has 1 aromatic carbocycles. The van der Waals surface area contributed by atoms with Crippen LogP contribution in [0.1, 0.15) is 50.0 Å². The minimum absolute atomic E-state index is 0.0796. The highest BCUT2D eigenvalue weighted by atomic mass is 16.5. The van der Waals surface area contributed by atoms with Crippen LogP contribution < -0.4 is 5.73 Å². The normalized spacial score (nSPS) is 17.4. The van der Waals surface area contributed by atoms with E-state index in [0.717, 1.165) is 5.56 Å². The largest absolute Gasteiger partial charge is 0.338 e. The number of hydrogen-bond donors (Lipinski definition) is 1. The number of benzene rings is 1. The molecule has 1 aromatic heterocycles. The van der Waals surface area contributed by atoms with E-state index in [1.807, 2.05) is 18.2 Å². The highest BCUT2D eigenvalue weighted by Crippen LogP contribution is 2.39. The minimum atomic E-state index is -0.296. The molecule has 1 fully saturated rings. The van der Waals surface area contributed by atoms with Crippen LogP contribution in [-0.4, -0.2) is 10.1 Å². The lowest BCUT2D eigenvalue weighted by Crippen LogP contribution is -2.20. The second-order valence-corrected chi connectivity index (χ2v) is 5.81. The van der Waals surface area contributed by atoms with E-state index in [0.29, 0.717) is 17.6 Å². The third-order valence-corrected chi connectivity index (χ3v) is 3.90. The molecule has 2 aromatic rings. The van der Waals surface area contributed by atoms with Gasteiger partial charge in [-0.25, -0.2) is 0 Å². The molecule has 4 nitrogen and oxygen atoms in total. The van der Waals surface area contributed by atoms with Gasteiger partial charge in [0.1, 0.15) is 0 Å². The van der Waals surface area contributed by atoms with Gasteiger partial charge < -0.3 is 10.3 Å². The Morgan fingerprint density at radius 1 is 1.26 bits per heavy atom. The van der Waals surface area contributed by atoms with Crippen molar-refractivity contribution >= 4 is 0 Å². The molecule has 0 saturated heterocycles. The molecule has 0 aliphatic heterocycles. The van der Waals surface area contributed by atoms with Crippen LogP contribution in [0.2, 0.25) is 0 Å². The Morgan fingerprint density at radius 3 is 2.58 bits per heavy atom. The molecule has 4 heteroatoms.